The topological polar surface area (TPSA) is 84.9 Å². The average Bonchev–Trinajstić information content (AvgIpc) is 2.53. The third-order valence-corrected chi connectivity index (χ3v) is 3.48. The molecule has 0 aliphatic carbocycles. The molecule has 10 heteroatoms. The van der Waals surface area contributed by atoms with Crippen molar-refractivity contribution in [3.8, 4) is 5.75 Å². The molecule has 0 aliphatic heterocycles. The molecule has 0 spiro atoms. The molecule has 0 heterocycles. The number of esters is 1. The van der Waals surface area contributed by atoms with Crippen LogP contribution in [0.25, 0.3) is 0 Å². The number of halogens is 4. The lowest BCUT2D eigenvalue weighted by molar-refractivity contribution is -0.260. The summed E-state index contributed by atoms with van der Waals surface area (Å²) >= 11 is 5.45. The van der Waals surface area contributed by atoms with Crippen LogP contribution in [0.3, 0.4) is 0 Å². The number of carbonyl (C=O) groups excluding carboxylic acids is 2. The van der Waals surface area contributed by atoms with Crippen molar-refractivity contribution in [2.24, 2.45) is 0 Å². The molecule has 6 nitrogen and oxygen atoms in total. The molecule has 0 fully saturated rings. The Morgan fingerprint density at radius 2 is 1.92 bits per heavy atom. The first-order valence-corrected chi connectivity index (χ1v) is 7.07. The molecule has 0 bridgehead atoms. The van der Waals surface area contributed by atoms with Gasteiger partial charge in [-0.2, -0.15) is 13.2 Å². The van der Waals surface area contributed by atoms with Gasteiger partial charge in [0.25, 0.3) is 5.60 Å². The van der Waals surface area contributed by atoms with E-state index in [0.29, 0.717) is 7.11 Å². The Labute approximate surface area is 140 Å². The predicted molar refractivity (Wildman–Crippen MR) is 78.9 cm³/mol. The van der Waals surface area contributed by atoms with Crippen LogP contribution in [0, 0.1) is 0 Å². The molecule has 0 saturated carbocycles. The van der Waals surface area contributed by atoms with Crippen molar-refractivity contribution in [3.05, 3.63) is 24.3 Å². The van der Waals surface area contributed by atoms with Gasteiger partial charge in [-0.15, -0.1) is 11.6 Å². The molecule has 1 amide bonds. The van der Waals surface area contributed by atoms with Crippen LogP contribution < -0.4 is 10.1 Å². The minimum atomic E-state index is -5.52. The first kappa shape index (κ1) is 20.0. The number of aliphatic hydroxyl groups is 1. The van der Waals surface area contributed by atoms with E-state index in [1.807, 2.05) is 0 Å². The van der Waals surface area contributed by atoms with Gasteiger partial charge in [-0.05, 0) is 19.1 Å². The summed E-state index contributed by atoms with van der Waals surface area (Å²) in [6.45, 7) is 1.91. The van der Waals surface area contributed by atoms with E-state index in [9.17, 15) is 27.9 Å². The van der Waals surface area contributed by atoms with Crippen molar-refractivity contribution in [2.45, 2.75) is 24.1 Å². The normalized spacial score (nSPS) is 15.1. The first-order chi connectivity index (χ1) is 11.1. The zero-order chi connectivity index (χ0) is 18.5. The lowest BCUT2D eigenvalue weighted by atomic mass is 9.97. The van der Waals surface area contributed by atoms with Gasteiger partial charge in [-0.3, -0.25) is 4.79 Å². The number of anilines is 1. The summed E-state index contributed by atoms with van der Waals surface area (Å²) in [6, 6.07) is 5.91. The van der Waals surface area contributed by atoms with Crippen LogP contribution in [-0.4, -0.2) is 47.9 Å². The standard InChI is InChI=1S/C14H15ClF3NO5/c1-3-24-9-7-5-4-6-8(9)19-11(20)10(15)13(22,12(21)23-2)14(16,17)18/h4-7,10,22H,3H2,1-2H3,(H,19,20)/t10-,13-/m1/s1. The molecule has 2 atom stereocenters. The Bertz CT molecular complexity index is 610. The summed E-state index contributed by atoms with van der Waals surface area (Å²) in [4.78, 5) is 23.4. The van der Waals surface area contributed by atoms with E-state index < -0.39 is 29.0 Å². The number of amides is 1. The Hall–Kier alpha value is -2.00. The van der Waals surface area contributed by atoms with Crippen molar-refractivity contribution in [3.63, 3.8) is 0 Å². The number of hydrogen-bond acceptors (Lipinski definition) is 5. The molecule has 0 aromatic heterocycles. The van der Waals surface area contributed by atoms with E-state index in [0.717, 1.165) is 0 Å². The quantitative estimate of drug-likeness (QED) is 0.592. The van der Waals surface area contributed by atoms with Crippen molar-refractivity contribution >= 4 is 29.2 Å². The maximum absolute atomic E-state index is 13.1. The van der Waals surface area contributed by atoms with Crippen molar-refractivity contribution in [1.82, 2.24) is 0 Å². The SMILES string of the molecule is CCOc1ccccc1NC(=O)[C@@H](Cl)[C@@](O)(C(=O)OC)C(F)(F)F. The monoisotopic (exact) mass is 369 g/mol. The second-order valence-electron chi connectivity index (χ2n) is 4.54. The number of ether oxygens (including phenoxy) is 2. The lowest BCUT2D eigenvalue weighted by Gasteiger charge is -2.30. The maximum atomic E-state index is 13.1. The van der Waals surface area contributed by atoms with Gasteiger partial charge in [0.15, 0.2) is 5.38 Å². The van der Waals surface area contributed by atoms with E-state index in [1.54, 1.807) is 13.0 Å². The van der Waals surface area contributed by atoms with Gasteiger partial charge in [-0.1, -0.05) is 12.1 Å². The highest BCUT2D eigenvalue weighted by atomic mass is 35.5. The van der Waals surface area contributed by atoms with Gasteiger partial charge >= 0.3 is 12.1 Å². The van der Waals surface area contributed by atoms with Crippen LogP contribution >= 0.6 is 11.6 Å². The fraction of sp³-hybridized carbons (Fsp3) is 0.429. The number of nitrogens with one attached hydrogen (secondary N) is 1. The van der Waals surface area contributed by atoms with E-state index in [-0.39, 0.29) is 18.0 Å². The second-order valence-corrected chi connectivity index (χ2v) is 4.97. The number of methoxy groups -OCH3 is 1. The van der Waals surface area contributed by atoms with E-state index in [4.69, 9.17) is 16.3 Å². The molecular weight excluding hydrogens is 355 g/mol. The molecule has 134 valence electrons. The van der Waals surface area contributed by atoms with Gasteiger partial charge < -0.3 is 19.9 Å². The molecule has 0 aliphatic rings. The van der Waals surface area contributed by atoms with Crippen LogP contribution in [0.15, 0.2) is 24.3 Å². The molecular formula is C14H15ClF3NO5. The Balaban J connectivity index is 3.11. The van der Waals surface area contributed by atoms with E-state index in [2.05, 4.69) is 10.1 Å². The molecule has 2 N–H and O–H groups in total. The van der Waals surface area contributed by atoms with Gasteiger partial charge in [0.2, 0.25) is 5.91 Å². The molecule has 1 aromatic carbocycles. The molecule has 1 rings (SSSR count). The van der Waals surface area contributed by atoms with Crippen molar-refractivity contribution in [1.29, 1.82) is 0 Å². The minimum Gasteiger partial charge on any atom is -0.492 e. The summed E-state index contributed by atoms with van der Waals surface area (Å²) in [6.07, 6.45) is -5.52. The Kier molecular flexibility index (Phi) is 6.44. The number of carbonyl (C=O) groups is 2. The highest BCUT2D eigenvalue weighted by Crippen LogP contribution is 2.37. The molecule has 1 aromatic rings. The summed E-state index contributed by atoms with van der Waals surface area (Å²) in [5.41, 5.74) is -4.17. The van der Waals surface area contributed by atoms with Gasteiger partial charge in [0, 0.05) is 0 Å². The van der Waals surface area contributed by atoms with E-state index in [1.165, 1.54) is 18.2 Å². The summed E-state index contributed by atoms with van der Waals surface area (Å²) in [5, 5.41) is 9.09. The predicted octanol–water partition coefficient (Wildman–Crippen LogP) is 2.10. The van der Waals surface area contributed by atoms with Crippen LogP contribution in [0.2, 0.25) is 0 Å². The smallest absolute Gasteiger partial charge is 0.430 e. The number of alkyl halides is 4. The second kappa shape index (κ2) is 7.71. The van der Waals surface area contributed by atoms with Gasteiger partial charge in [0.05, 0.1) is 19.4 Å². The number of benzene rings is 1. The minimum absolute atomic E-state index is 0.0318. The van der Waals surface area contributed by atoms with E-state index >= 15 is 0 Å². The number of rotatable bonds is 6. The van der Waals surface area contributed by atoms with Crippen LogP contribution in [0.5, 0.6) is 5.75 Å². The van der Waals surface area contributed by atoms with Crippen LogP contribution in [-0.2, 0) is 14.3 Å². The Morgan fingerprint density at radius 1 is 1.33 bits per heavy atom. The Morgan fingerprint density at radius 3 is 2.42 bits per heavy atom. The number of hydrogen-bond donors (Lipinski definition) is 2. The van der Waals surface area contributed by atoms with Crippen LogP contribution in [0.4, 0.5) is 18.9 Å². The summed E-state index contributed by atoms with van der Waals surface area (Å²) < 4.78 is 48.3. The summed E-state index contributed by atoms with van der Waals surface area (Å²) in [5.74, 6) is -3.36. The van der Waals surface area contributed by atoms with Gasteiger partial charge in [0.1, 0.15) is 5.75 Å². The third kappa shape index (κ3) is 3.90. The molecule has 0 unspecified atom stereocenters. The molecule has 0 saturated heterocycles. The van der Waals surface area contributed by atoms with Gasteiger partial charge in [-0.25, -0.2) is 4.79 Å². The fourth-order valence-corrected chi connectivity index (χ4v) is 2.02. The highest BCUT2D eigenvalue weighted by molar-refractivity contribution is 6.35. The zero-order valence-electron chi connectivity index (χ0n) is 12.7. The lowest BCUT2D eigenvalue weighted by Crippen LogP contribution is -2.62. The third-order valence-electron chi connectivity index (χ3n) is 2.97. The first-order valence-electron chi connectivity index (χ1n) is 6.63. The number of para-hydroxylation sites is 2. The molecule has 24 heavy (non-hydrogen) atoms. The zero-order valence-corrected chi connectivity index (χ0v) is 13.4. The van der Waals surface area contributed by atoms with Crippen molar-refractivity contribution < 1.29 is 37.3 Å². The summed E-state index contributed by atoms with van der Waals surface area (Å²) in [7, 11) is 0.630. The van der Waals surface area contributed by atoms with Crippen LogP contribution in [0.1, 0.15) is 6.92 Å². The largest absolute Gasteiger partial charge is 0.492 e. The maximum Gasteiger partial charge on any atom is 0.430 e. The highest BCUT2D eigenvalue weighted by Gasteiger charge is 2.67. The molecule has 0 radical (unpaired) electrons. The average molecular weight is 370 g/mol. The van der Waals surface area contributed by atoms with Crippen molar-refractivity contribution in [2.75, 3.05) is 19.0 Å². The fourth-order valence-electron chi connectivity index (χ4n) is 1.76.